The Hall–Kier alpha value is -1.92. The van der Waals surface area contributed by atoms with Crippen LogP contribution in [0.15, 0.2) is 0 Å². The highest BCUT2D eigenvalue weighted by Gasteiger charge is 2.33. The van der Waals surface area contributed by atoms with Gasteiger partial charge in [0.25, 0.3) is 0 Å². The maximum absolute atomic E-state index is 11.6. The lowest BCUT2D eigenvalue weighted by atomic mass is 10.1. The summed E-state index contributed by atoms with van der Waals surface area (Å²) in [5.74, 6) is 0.0784. The van der Waals surface area contributed by atoms with Crippen molar-refractivity contribution in [1.29, 1.82) is 0 Å². The molecule has 104 valence electrons. The van der Waals surface area contributed by atoms with Crippen molar-refractivity contribution in [2.75, 3.05) is 13.1 Å². The number of carbonyl (C=O) groups is 2. The van der Waals surface area contributed by atoms with Gasteiger partial charge >= 0.3 is 5.97 Å². The summed E-state index contributed by atoms with van der Waals surface area (Å²) in [5.41, 5.74) is 0. The molecular weight excluding hydrogens is 248 g/mol. The number of likely N-dealkylation sites (tertiary alicyclic amines) is 1. The van der Waals surface area contributed by atoms with Crippen LogP contribution in [-0.2, 0) is 16.1 Å². The molecule has 19 heavy (non-hydrogen) atoms. The van der Waals surface area contributed by atoms with Gasteiger partial charge < -0.3 is 10.0 Å². The Morgan fingerprint density at radius 1 is 1.42 bits per heavy atom. The van der Waals surface area contributed by atoms with Gasteiger partial charge in [0, 0.05) is 26.1 Å². The molecule has 0 spiro atoms. The van der Waals surface area contributed by atoms with Crippen molar-refractivity contribution >= 4 is 11.9 Å². The normalized spacial score (nSPS) is 19.2. The zero-order chi connectivity index (χ0) is 14.0. The largest absolute Gasteiger partial charge is 0.481 e. The SMILES string of the molecule is Cc1nc(C)n(CCCN2CC(C(=O)O)CC2=O)n1. The van der Waals surface area contributed by atoms with Crippen molar-refractivity contribution in [3.63, 3.8) is 0 Å². The number of nitrogens with zero attached hydrogens (tertiary/aromatic N) is 4. The highest BCUT2D eigenvalue weighted by atomic mass is 16.4. The maximum atomic E-state index is 11.6. The van der Waals surface area contributed by atoms with Crippen molar-refractivity contribution in [2.24, 2.45) is 5.92 Å². The molecule has 1 aromatic rings. The number of carboxylic acid groups (broad SMARTS) is 1. The Kier molecular flexibility index (Phi) is 3.82. The zero-order valence-electron chi connectivity index (χ0n) is 11.2. The van der Waals surface area contributed by atoms with E-state index in [2.05, 4.69) is 10.1 Å². The van der Waals surface area contributed by atoms with Gasteiger partial charge in [-0.3, -0.25) is 14.3 Å². The van der Waals surface area contributed by atoms with Crippen LogP contribution >= 0.6 is 0 Å². The van der Waals surface area contributed by atoms with Crippen LogP contribution < -0.4 is 0 Å². The van der Waals surface area contributed by atoms with Gasteiger partial charge in [0.1, 0.15) is 11.6 Å². The second kappa shape index (κ2) is 5.38. The van der Waals surface area contributed by atoms with E-state index in [1.165, 1.54) is 0 Å². The molecule has 1 aliphatic heterocycles. The molecule has 1 aliphatic rings. The molecule has 1 atom stereocenters. The first-order valence-electron chi connectivity index (χ1n) is 6.36. The first-order chi connectivity index (χ1) is 8.97. The molecule has 1 aromatic heterocycles. The zero-order valence-corrected chi connectivity index (χ0v) is 11.2. The van der Waals surface area contributed by atoms with E-state index in [1.807, 2.05) is 18.5 Å². The monoisotopic (exact) mass is 266 g/mol. The number of amides is 1. The number of aryl methyl sites for hydroxylation is 3. The summed E-state index contributed by atoms with van der Waals surface area (Å²) in [6, 6.07) is 0. The average molecular weight is 266 g/mol. The van der Waals surface area contributed by atoms with E-state index in [0.29, 0.717) is 19.6 Å². The number of rotatable bonds is 5. The third kappa shape index (κ3) is 3.10. The number of aromatic nitrogens is 3. The number of carbonyl (C=O) groups excluding carboxylic acids is 1. The van der Waals surface area contributed by atoms with Crippen LogP contribution in [0.2, 0.25) is 0 Å². The van der Waals surface area contributed by atoms with Crippen molar-refractivity contribution < 1.29 is 14.7 Å². The summed E-state index contributed by atoms with van der Waals surface area (Å²) in [6.45, 7) is 5.31. The quantitative estimate of drug-likeness (QED) is 0.823. The van der Waals surface area contributed by atoms with Gasteiger partial charge in [-0.2, -0.15) is 5.10 Å². The predicted octanol–water partition coefficient (Wildman–Crippen LogP) is 0.218. The van der Waals surface area contributed by atoms with E-state index >= 15 is 0 Å². The summed E-state index contributed by atoms with van der Waals surface area (Å²) in [5, 5.41) is 13.1. The minimum Gasteiger partial charge on any atom is -0.481 e. The van der Waals surface area contributed by atoms with Crippen molar-refractivity contribution in [3.8, 4) is 0 Å². The molecule has 7 nitrogen and oxygen atoms in total. The number of carboxylic acids is 1. The number of hydrogen-bond acceptors (Lipinski definition) is 4. The Morgan fingerprint density at radius 3 is 2.68 bits per heavy atom. The van der Waals surface area contributed by atoms with Crippen LogP contribution in [0.3, 0.4) is 0 Å². The van der Waals surface area contributed by atoms with Crippen molar-refractivity contribution in [1.82, 2.24) is 19.7 Å². The predicted molar refractivity (Wildman–Crippen MR) is 66.4 cm³/mol. The molecule has 7 heteroatoms. The van der Waals surface area contributed by atoms with Gasteiger partial charge in [-0.15, -0.1) is 0 Å². The van der Waals surface area contributed by atoms with Gasteiger partial charge in [-0.25, -0.2) is 4.98 Å². The summed E-state index contributed by atoms with van der Waals surface area (Å²) >= 11 is 0. The molecule has 0 radical (unpaired) electrons. The Morgan fingerprint density at radius 2 is 2.16 bits per heavy atom. The van der Waals surface area contributed by atoms with E-state index < -0.39 is 11.9 Å². The lowest BCUT2D eigenvalue weighted by Crippen LogP contribution is -2.28. The fraction of sp³-hybridized carbons (Fsp3) is 0.667. The Bertz CT molecular complexity index is 497. The van der Waals surface area contributed by atoms with Crippen molar-refractivity contribution in [3.05, 3.63) is 11.6 Å². The third-order valence-electron chi connectivity index (χ3n) is 3.32. The topological polar surface area (TPSA) is 88.3 Å². The highest BCUT2D eigenvalue weighted by molar-refractivity contribution is 5.86. The average Bonchev–Trinajstić information content (AvgIpc) is 2.83. The molecule has 0 bridgehead atoms. The van der Waals surface area contributed by atoms with Crippen LogP contribution in [-0.4, -0.2) is 49.7 Å². The van der Waals surface area contributed by atoms with Gasteiger partial charge in [0.15, 0.2) is 0 Å². The van der Waals surface area contributed by atoms with Crippen LogP contribution in [0.4, 0.5) is 0 Å². The standard InChI is InChI=1S/C12H18N4O3/c1-8-13-9(2)16(14-8)5-3-4-15-7-10(12(18)19)6-11(15)17/h10H,3-7H2,1-2H3,(H,18,19). The molecule has 2 rings (SSSR count). The maximum Gasteiger partial charge on any atom is 0.308 e. The summed E-state index contributed by atoms with van der Waals surface area (Å²) in [7, 11) is 0. The van der Waals surface area contributed by atoms with Crippen LogP contribution in [0, 0.1) is 19.8 Å². The molecule has 0 aromatic carbocycles. The van der Waals surface area contributed by atoms with E-state index in [4.69, 9.17) is 5.11 Å². The minimum atomic E-state index is -0.890. The molecule has 1 N–H and O–H groups in total. The Balaban J connectivity index is 1.82. The molecule has 0 aliphatic carbocycles. The first-order valence-corrected chi connectivity index (χ1v) is 6.36. The third-order valence-corrected chi connectivity index (χ3v) is 3.32. The second-order valence-corrected chi connectivity index (χ2v) is 4.86. The first kappa shape index (κ1) is 13.5. The summed E-state index contributed by atoms with van der Waals surface area (Å²) in [6.07, 6.45) is 0.874. The van der Waals surface area contributed by atoms with Crippen LogP contribution in [0.1, 0.15) is 24.5 Å². The molecule has 1 saturated heterocycles. The van der Waals surface area contributed by atoms with Crippen LogP contribution in [0.5, 0.6) is 0 Å². The van der Waals surface area contributed by atoms with Gasteiger partial charge in [-0.1, -0.05) is 0 Å². The van der Waals surface area contributed by atoms with Crippen molar-refractivity contribution in [2.45, 2.75) is 33.2 Å². The number of aliphatic carboxylic acids is 1. The lowest BCUT2D eigenvalue weighted by molar-refractivity contribution is -0.141. The van der Waals surface area contributed by atoms with E-state index in [0.717, 1.165) is 18.1 Å². The summed E-state index contributed by atoms with van der Waals surface area (Å²) < 4.78 is 1.81. The Labute approximate surface area is 111 Å². The van der Waals surface area contributed by atoms with Gasteiger partial charge in [-0.05, 0) is 20.3 Å². The molecule has 1 amide bonds. The molecular formula is C12H18N4O3. The smallest absolute Gasteiger partial charge is 0.308 e. The molecule has 1 unspecified atom stereocenters. The molecule has 0 saturated carbocycles. The van der Waals surface area contributed by atoms with E-state index in [9.17, 15) is 9.59 Å². The van der Waals surface area contributed by atoms with E-state index in [-0.39, 0.29) is 12.3 Å². The van der Waals surface area contributed by atoms with Gasteiger partial charge in [0.2, 0.25) is 5.91 Å². The summed E-state index contributed by atoms with van der Waals surface area (Å²) in [4.78, 5) is 28.3. The van der Waals surface area contributed by atoms with E-state index in [1.54, 1.807) is 4.90 Å². The minimum absolute atomic E-state index is 0.0705. The molecule has 2 heterocycles. The van der Waals surface area contributed by atoms with Crippen LogP contribution in [0.25, 0.3) is 0 Å². The highest BCUT2D eigenvalue weighted by Crippen LogP contribution is 2.18. The fourth-order valence-electron chi connectivity index (χ4n) is 2.34. The van der Waals surface area contributed by atoms with Gasteiger partial charge in [0.05, 0.1) is 5.92 Å². The molecule has 1 fully saturated rings. The fourth-order valence-corrected chi connectivity index (χ4v) is 2.34. The number of hydrogen-bond donors (Lipinski definition) is 1. The lowest BCUT2D eigenvalue weighted by Gasteiger charge is -2.15. The second-order valence-electron chi connectivity index (χ2n) is 4.86.